The number of nitrogens with zero attached hydrogens (tertiary/aromatic N) is 1. The summed E-state index contributed by atoms with van der Waals surface area (Å²) in [6, 6.07) is 0.244. The lowest BCUT2D eigenvalue weighted by atomic mass is 10.2. The Morgan fingerprint density at radius 2 is 2.18 bits per heavy atom. The van der Waals surface area contributed by atoms with Crippen LogP contribution >= 0.6 is 0 Å². The van der Waals surface area contributed by atoms with Crippen LogP contribution in [0, 0.1) is 0 Å². The molecule has 5 heteroatoms. The van der Waals surface area contributed by atoms with E-state index in [-0.39, 0.29) is 6.04 Å². The number of carboxylic acids is 1. The summed E-state index contributed by atoms with van der Waals surface area (Å²) in [6.07, 6.45) is 2.36. The van der Waals surface area contributed by atoms with E-state index in [1.165, 1.54) is 12.8 Å². The van der Waals surface area contributed by atoms with E-state index < -0.39 is 12.0 Å². The molecule has 1 fully saturated rings. The van der Waals surface area contributed by atoms with Gasteiger partial charge in [-0.2, -0.15) is 0 Å². The van der Waals surface area contributed by atoms with Gasteiger partial charge in [-0.3, -0.25) is 9.69 Å². The first-order valence-electron chi connectivity index (χ1n) is 6.26. The summed E-state index contributed by atoms with van der Waals surface area (Å²) >= 11 is 0. The Labute approximate surface area is 103 Å². The van der Waals surface area contributed by atoms with Crippen LogP contribution in [0.3, 0.4) is 0 Å². The minimum Gasteiger partial charge on any atom is -0.480 e. The molecule has 0 saturated heterocycles. The number of carbonyl (C=O) groups is 1. The Balaban J connectivity index is 2.46. The first kappa shape index (κ1) is 14.4. The second kappa shape index (κ2) is 6.93. The first-order valence-corrected chi connectivity index (χ1v) is 6.26. The molecule has 0 aromatic carbocycles. The average molecular weight is 244 g/mol. The normalized spacial score (nSPS) is 17.7. The van der Waals surface area contributed by atoms with Crippen molar-refractivity contribution in [3.63, 3.8) is 0 Å². The number of carboxylic acid groups (broad SMARTS) is 1. The highest BCUT2D eigenvalue weighted by Gasteiger charge is 2.32. The molecule has 1 unspecified atom stereocenters. The standard InChI is InChI=1S/C12H24N2O3/c1-9(2)13-11(12(15)16)8-14(6-7-17-3)10-4-5-10/h9-11,13H,4-8H2,1-3H3,(H,15,16). The maximum Gasteiger partial charge on any atom is 0.322 e. The van der Waals surface area contributed by atoms with Crippen LogP contribution in [-0.4, -0.2) is 60.9 Å². The van der Waals surface area contributed by atoms with Crippen LogP contribution in [0.25, 0.3) is 0 Å². The quantitative estimate of drug-likeness (QED) is 0.620. The average Bonchev–Trinajstić information content (AvgIpc) is 3.05. The van der Waals surface area contributed by atoms with Gasteiger partial charge in [-0.15, -0.1) is 0 Å². The van der Waals surface area contributed by atoms with Gasteiger partial charge in [0.05, 0.1) is 6.61 Å². The molecular formula is C12H24N2O3. The van der Waals surface area contributed by atoms with E-state index in [1.807, 2.05) is 13.8 Å². The zero-order chi connectivity index (χ0) is 12.8. The van der Waals surface area contributed by atoms with Gasteiger partial charge in [0.1, 0.15) is 6.04 Å². The van der Waals surface area contributed by atoms with E-state index in [0.29, 0.717) is 19.2 Å². The van der Waals surface area contributed by atoms with Crippen molar-refractivity contribution in [2.45, 2.75) is 44.8 Å². The maximum atomic E-state index is 11.2. The third kappa shape index (κ3) is 5.48. The van der Waals surface area contributed by atoms with Crippen LogP contribution in [0.4, 0.5) is 0 Å². The molecule has 1 aliphatic carbocycles. The second-order valence-electron chi connectivity index (χ2n) is 4.93. The van der Waals surface area contributed by atoms with Crippen LogP contribution in [0.15, 0.2) is 0 Å². The van der Waals surface area contributed by atoms with Crippen molar-refractivity contribution in [3.05, 3.63) is 0 Å². The number of hydrogen-bond acceptors (Lipinski definition) is 4. The minimum atomic E-state index is -0.776. The fourth-order valence-electron chi connectivity index (χ4n) is 1.91. The number of nitrogens with one attached hydrogen (secondary N) is 1. The van der Waals surface area contributed by atoms with Gasteiger partial charge in [-0.1, -0.05) is 13.8 Å². The Kier molecular flexibility index (Phi) is 5.88. The molecule has 0 bridgehead atoms. The smallest absolute Gasteiger partial charge is 0.322 e. The Bertz CT molecular complexity index is 242. The zero-order valence-corrected chi connectivity index (χ0v) is 11.0. The molecular weight excluding hydrogens is 220 g/mol. The van der Waals surface area contributed by atoms with Gasteiger partial charge in [0.25, 0.3) is 0 Å². The van der Waals surface area contributed by atoms with E-state index in [1.54, 1.807) is 7.11 Å². The number of hydrogen-bond donors (Lipinski definition) is 2. The van der Waals surface area contributed by atoms with Crippen molar-refractivity contribution in [1.29, 1.82) is 0 Å². The van der Waals surface area contributed by atoms with Crippen LogP contribution in [0.1, 0.15) is 26.7 Å². The van der Waals surface area contributed by atoms with E-state index in [2.05, 4.69) is 10.2 Å². The van der Waals surface area contributed by atoms with Crippen molar-refractivity contribution in [2.75, 3.05) is 26.8 Å². The lowest BCUT2D eigenvalue weighted by Crippen LogP contribution is -2.49. The molecule has 17 heavy (non-hydrogen) atoms. The van der Waals surface area contributed by atoms with E-state index in [0.717, 1.165) is 6.54 Å². The van der Waals surface area contributed by atoms with Crippen LogP contribution < -0.4 is 5.32 Å². The molecule has 0 aliphatic heterocycles. The van der Waals surface area contributed by atoms with E-state index >= 15 is 0 Å². The van der Waals surface area contributed by atoms with Crippen LogP contribution in [0.2, 0.25) is 0 Å². The van der Waals surface area contributed by atoms with E-state index in [4.69, 9.17) is 4.74 Å². The van der Waals surface area contributed by atoms with E-state index in [9.17, 15) is 9.90 Å². The SMILES string of the molecule is COCCN(CC(NC(C)C)C(=O)O)C1CC1. The molecule has 1 aliphatic rings. The lowest BCUT2D eigenvalue weighted by Gasteiger charge is -2.26. The molecule has 0 aromatic heterocycles. The Morgan fingerprint density at radius 3 is 2.59 bits per heavy atom. The van der Waals surface area contributed by atoms with Crippen LogP contribution in [-0.2, 0) is 9.53 Å². The zero-order valence-electron chi connectivity index (χ0n) is 11.0. The molecule has 1 atom stereocenters. The molecule has 5 nitrogen and oxygen atoms in total. The summed E-state index contributed by atoms with van der Waals surface area (Å²) in [5, 5.41) is 12.3. The summed E-state index contributed by atoms with van der Waals surface area (Å²) in [6.45, 7) is 5.95. The van der Waals surface area contributed by atoms with Gasteiger partial charge < -0.3 is 15.2 Å². The number of rotatable bonds is 9. The van der Waals surface area contributed by atoms with Gasteiger partial charge in [0, 0.05) is 32.3 Å². The Hall–Kier alpha value is -0.650. The molecule has 0 spiro atoms. The summed E-state index contributed by atoms with van der Waals surface area (Å²) in [7, 11) is 1.67. The Morgan fingerprint density at radius 1 is 1.53 bits per heavy atom. The van der Waals surface area contributed by atoms with Gasteiger partial charge in [0.2, 0.25) is 0 Å². The van der Waals surface area contributed by atoms with Crippen molar-refractivity contribution in [1.82, 2.24) is 10.2 Å². The molecule has 0 radical (unpaired) electrons. The van der Waals surface area contributed by atoms with Gasteiger partial charge in [-0.25, -0.2) is 0 Å². The van der Waals surface area contributed by atoms with Gasteiger partial charge in [0.15, 0.2) is 0 Å². The predicted molar refractivity (Wildman–Crippen MR) is 66.2 cm³/mol. The molecule has 0 heterocycles. The van der Waals surface area contributed by atoms with Gasteiger partial charge >= 0.3 is 5.97 Å². The molecule has 100 valence electrons. The summed E-state index contributed by atoms with van der Waals surface area (Å²) < 4.78 is 5.06. The van der Waals surface area contributed by atoms with Crippen molar-refractivity contribution in [3.8, 4) is 0 Å². The first-order chi connectivity index (χ1) is 8.04. The van der Waals surface area contributed by atoms with Crippen molar-refractivity contribution >= 4 is 5.97 Å². The highest BCUT2D eigenvalue weighted by Crippen LogP contribution is 2.26. The van der Waals surface area contributed by atoms with Crippen molar-refractivity contribution in [2.24, 2.45) is 0 Å². The topological polar surface area (TPSA) is 61.8 Å². The number of ether oxygens (including phenoxy) is 1. The highest BCUT2D eigenvalue weighted by molar-refractivity contribution is 5.73. The molecule has 1 rings (SSSR count). The largest absolute Gasteiger partial charge is 0.480 e. The second-order valence-corrected chi connectivity index (χ2v) is 4.93. The third-order valence-corrected chi connectivity index (χ3v) is 2.90. The highest BCUT2D eigenvalue weighted by atomic mass is 16.5. The lowest BCUT2D eigenvalue weighted by molar-refractivity contribution is -0.140. The predicted octanol–water partition coefficient (Wildman–Crippen LogP) is 0.548. The molecule has 1 saturated carbocycles. The van der Waals surface area contributed by atoms with Gasteiger partial charge in [-0.05, 0) is 12.8 Å². The third-order valence-electron chi connectivity index (χ3n) is 2.90. The summed E-state index contributed by atoms with van der Waals surface area (Å²) in [5.41, 5.74) is 0. The molecule has 0 amide bonds. The molecule has 0 aromatic rings. The monoisotopic (exact) mass is 244 g/mol. The fourth-order valence-corrected chi connectivity index (χ4v) is 1.91. The maximum absolute atomic E-state index is 11.2. The minimum absolute atomic E-state index is 0.180. The van der Waals surface area contributed by atoms with Crippen molar-refractivity contribution < 1.29 is 14.6 Å². The van der Waals surface area contributed by atoms with Crippen LogP contribution in [0.5, 0.6) is 0 Å². The number of methoxy groups -OCH3 is 1. The molecule has 2 N–H and O–H groups in total. The number of aliphatic carboxylic acids is 1. The summed E-state index contributed by atoms with van der Waals surface area (Å²) in [4.78, 5) is 13.4. The fraction of sp³-hybridized carbons (Fsp3) is 0.917. The summed E-state index contributed by atoms with van der Waals surface area (Å²) in [5.74, 6) is -0.776.